The van der Waals surface area contributed by atoms with Gasteiger partial charge in [0.25, 0.3) is 0 Å². The molecular weight excluding hydrogens is 242 g/mol. The Balaban J connectivity index is 1.81. The van der Waals surface area contributed by atoms with Crippen LogP contribution in [0.4, 0.5) is 0 Å². The number of aromatic nitrogens is 3. The molecule has 1 aliphatic carbocycles. The minimum absolute atomic E-state index is 0.244. The van der Waals surface area contributed by atoms with E-state index in [0.29, 0.717) is 18.9 Å². The predicted octanol–water partition coefficient (Wildman–Crippen LogP) is 2.56. The minimum atomic E-state index is 0.244. The highest BCUT2D eigenvalue weighted by Crippen LogP contribution is 2.22. The molecule has 0 fully saturated rings. The average Bonchev–Trinajstić information content (AvgIpc) is 2.96. The maximum atomic E-state index is 11.8. The summed E-state index contributed by atoms with van der Waals surface area (Å²) in [6, 6.07) is 0. The van der Waals surface area contributed by atoms with Crippen molar-refractivity contribution in [1.82, 2.24) is 14.7 Å². The molecule has 19 heavy (non-hydrogen) atoms. The van der Waals surface area contributed by atoms with Gasteiger partial charge in [0.2, 0.25) is 5.89 Å². The van der Waals surface area contributed by atoms with Crippen molar-refractivity contribution in [3.63, 3.8) is 0 Å². The summed E-state index contributed by atoms with van der Waals surface area (Å²) in [6.07, 6.45) is 6.51. The fourth-order valence-corrected chi connectivity index (χ4v) is 2.39. The Labute approximate surface area is 111 Å². The lowest BCUT2D eigenvalue weighted by molar-refractivity contribution is 0.0973. The van der Waals surface area contributed by atoms with Crippen LogP contribution in [0.5, 0.6) is 0 Å². The Bertz CT molecular complexity index is 610. The number of Topliss-reactive ketones (excluding diaryl/α,β-unsaturated/α-hetero) is 1. The fraction of sp³-hybridized carbons (Fsp3) is 0.500. The van der Waals surface area contributed by atoms with Crippen LogP contribution in [0.2, 0.25) is 0 Å². The molecular formula is C14H17N3O2. The molecule has 2 heterocycles. The molecule has 0 unspecified atom stereocenters. The molecule has 0 bridgehead atoms. The fourth-order valence-electron chi connectivity index (χ4n) is 2.39. The number of carbonyl (C=O) groups is 1. The molecule has 0 atom stereocenters. The standard InChI is InChI=1S/C14H17N3O2/c1-9(2)14-15-13(19-16-14)8-17-6-10-4-3-5-12(18)11(10)7-17/h6-7,9H,3-5,8H2,1-2H3. The van der Waals surface area contributed by atoms with Gasteiger partial charge in [-0.1, -0.05) is 19.0 Å². The molecule has 1 aliphatic rings. The van der Waals surface area contributed by atoms with E-state index < -0.39 is 0 Å². The minimum Gasteiger partial charge on any atom is -0.344 e. The molecule has 100 valence electrons. The van der Waals surface area contributed by atoms with Gasteiger partial charge < -0.3 is 9.09 Å². The third kappa shape index (κ3) is 2.32. The van der Waals surface area contributed by atoms with Crippen LogP contribution in [0.3, 0.4) is 0 Å². The van der Waals surface area contributed by atoms with Gasteiger partial charge in [0.1, 0.15) is 6.54 Å². The van der Waals surface area contributed by atoms with Crippen LogP contribution in [-0.2, 0) is 13.0 Å². The van der Waals surface area contributed by atoms with Crippen LogP contribution in [-0.4, -0.2) is 20.5 Å². The SMILES string of the molecule is CC(C)c1noc(Cn2cc3c(c2)C(=O)CCC3)n1. The number of aryl methyl sites for hydroxylation is 1. The molecule has 2 aromatic heterocycles. The van der Waals surface area contributed by atoms with Crippen LogP contribution in [0.1, 0.15) is 60.2 Å². The molecule has 5 nitrogen and oxygen atoms in total. The Morgan fingerprint density at radius 3 is 2.89 bits per heavy atom. The first-order chi connectivity index (χ1) is 9.13. The molecule has 0 saturated heterocycles. The smallest absolute Gasteiger partial charge is 0.246 e. The summed E-state index contributed by atoms with van der Waals surface area (Å²) >= 11 is 0. The van der Waals surface area contributed by atoms with Crippen molar-refractivity contribution < 1.29 is 9.32 Å². The number of carbonyl (C=O) groups excluding carboxylic acids is 1. The Morgan fingerprint density at radius 2 is 2.21 bits per heavy atom. The number of rotatable bonds is 3. The zero-order chi connectivity index (χ0) is 13.4. The Morgan fingerprint density at radius 1 is 1.37 bits per heavy atom. The summed E-state index contributed by atoms with van der Waals surface area (Å²) < 4.78 is 7.19. The zero-order valence-corrected chi connectivity index (χ0v) is 11.2. The van der Waals surface area contributed by atoms with E-state index in [2.05, 4.69) is 10.1 Å². The van der Waals surface area contributed by atoms with E-state index in [4.69, 9.17) is 4.52 Å². The molecule has 0 N–H and O–H groups in total. The van der Waals surface area contributed by atoms with E-state index in [1.54, 1.807) is 0 Å². The van der Waals surface area contributed by atoms with Crippen LogP contribution < -0.4 is 0 Å². The average molecular weight is 259 g/mol. The Hall–Kier alpha value is -1.91. The lowest BCUT2D eigenvalue weighted by atomic mass is 9.95. The van der Waals surface area contributed by atoms with Crippen molar-refractivity contribution in [3.8, 4) is 0 Å². The molecule has 0 radical (unpaired) electrons. The first kappa shape index (κ1) is 12.1. The van der Waals surface area contributed by atoms with Gasteiger partial charge in [0.05, 0.1) is 0 Å². The van der Waals surface area contributed by atoms with Gasteiger partial charge in [-0.15, -0.1) is 0 Å². The molecule has 0 aromatic carbocycles. The summed E-state index contributed by atoms with van der Waals surface area (Å²) in [4.78, 5) is 16.1. The number of fused-ring (bicyclic) bond motifs is 1. The first-order valence-corrected chi connectivity index (χ1v) is 6.68. The molecule has 2 aromatic rings. The highest BCUT2D eigenvalue weighted by atomic mass is 16.5. The molecule has 5 heteroatoms. The van der Waals surface area contributed by atoms with Crippen molar-refractivity contribution >= 4 is 5.78 Å². The van der Waals surface area contributed by atoms with Crippen molar-refractivity contribution in [2.45, 2.75) is 45.6 Å². The van der Waals surface area contributed by atoms with Crippen molar-refractivity contribution in [1.29, 1.82) is 0 Å². The van der Waals surface area contributed by atoms with Crippen LogP contribution >= 0.6 is 0 Å². The van der Waals surface area contributed by atoms with Gasteiger partial charge in [-0.3, -0.25) is 4.79 Å². The van der Waals surface area contributed by atoms with E-state index in [9.17, 15) is 4.79 Å². The van der Waals surface area contributed by atoms with Crippen molar-refractivity contribution in [2.75, 3.05) is 0 Å². The number of hydrogen-bond acceptors (Lipinski definition) is 4. The van der Waals surface area contributed by atoms with Crippen LogP contribution in [0, 0.1) is 0 Å². The Kier molecular flexibility index (Phi) is 2.97. The molecule has 0 aliphatic heterocycles. The lowest BCUT2D eigenvalue weighted by Gasteiger charge is -2.07. The molecule has 0 spiro atoms. The van der Waals surface area contributed by atoms with Crippen LogP contribution in [0.25, 0.3) is 0 Å². The summed E-state index contributed by atoms with van der Waals surface area (Å²) in [5, 5.41) is 3.94. The number of ketones is 1. The van der Waals surface area contributed by atoms with E-state index in [-0.39, 0.29) is 11.7 Å². The van der Waals surface area contributed by atoms with Gasteiger partial charge in [0.15, 0.2) is 11.6 Å². The van der Waals surface area contributed by atoms with Crippen LogP contribution in [0.15, 0.2) is 16.9 Å². The van der Waals surface area contributed by atoms with E-state index in [1.807, 2.05) is 30.8 Å². The zero-order valence-electron chi connectivity index (χ0n) is 11.2. The number of nitrogens with zero attached hydrogens (tertiary/aromatic N) is 3. The summed E-state index contributed by atoms with van der Waals surface area (Å²) in [5.74, 6) is 1.82. The summed E-state index contributed by atoms with van der Waals surface area (Å²) in [5.41, 5.74) is 2.00. The quantitative estimate of drug-likeness (QED) is 0.850. The van der Waals surface area contributed by atoms with E-state index in [1.165, 1.54) is 0 Å². The van der Waals surface area contributed by atoms with Crippen molar-refractivity contribution in [3.05, 3.63) is 35.2 Å². The number of hydrogen-bond donors (Lipinski definition) is 0. The van der Waals surface area contributed by atoms with Gasteiger partial charge in [-0.25, -0.2) is 0 Å². The second kappa shape index (κ2) is 4.64. The largest absolute Gasteiger partial charge is 0.344 e. The molecule has 0 amide bonds. The van der Waals surface area contributed by atoms with E-state index >= 15 is 0 Å². The molecule has 3 rings (SSSR count). The van der Waals surface area contributed by atoms with E-state index in [0.717, 1.165) is 29.8 Å². The van der Waals surface area contributed by atoms with Gasteiger partial charge in [0, 0.05) is 30.3 Å². The first-order valence-electron chi connectivity index (χ1n) is 6.68. The second-order valence-electron chi connectivity index (χ2n) is 5.35. The maximum Gasteiger partial charge on any atom is 0.246 e. The normalized spacial score (nSPS) is 15.0. The topological polar surface area (TPSA) is 60.9 Å². The van der Waals surface area contributed by atoms with Crippen molar-refractivity contribution in [2.24, 2.45) is 0 Å². The molecule has 0 saturated carbocycles. The third-order valence-electron chi connectivity index (χ3n) is 3.43. The highest BCUT2D eigenvalue weighted by Gasteiger charge is 2.19. The third-order valence-corrected chi connectivity index (χ3v) is 3.43. The second-order valence-corrected chi connectivity index (χ2v) is 5.35. The predicted molar refractivity (Wildman–Crippen MR) is 69.2 cm³/mol. The monoisotopic (exact) mass is 259 g/mol. The maximum absolute atomic E-state index is 11.8. The summed E-state index contributed by atoms with van der Waals surface area (Å²) in [7, 11) is 0. The van der Waals surface area contributed by atoms with Gasteiger partial charge in [-0.2, -0.15) is 4.98 Å². The lowest BCUT2D eigenvalue weighted by Crippen LogP contribution is -2.07. The van der Waals surface area contributed by atoms with Gasteiger partial charge in [-0.05, 0) is 18.4 Å². The highest BCUT2D eigenvalue weighted by molar-refractivity contribution is 5.98. The van der Waals surface area contributed by atoms with Gasteiger partial charge >= 0.3 is 0 Å². The summed E-state index contributed by atoms with van der Waals surface area (Å²) in [6.45, 7) is 4.59.